The number of thiocarbonyl (C=S) groups is 1. The Morgan fingerprint density at radius 3 is 1.56 bits per heavy atom. The second-order valence-corrected chi connectivity index (χ2v) is 16.2. The van der Waals surface area contributed by atoms with Gasteiger partial charge in [0.2, 0.25) is 0 Å². The minimum absolute atomic E-state index is 0.213. The van der Waals surface area contributed by atoms with E-state index in [1.54, 1.807) is 6.07 Å². The van der Waals surface area contributed by atoms with Crippen molar-refractivity contribution in [1.29, 1.82) is 0 Å². The number of aromatic hydroxyl groups is 1. The zero-order valence-electron chi connectivity index (χ0n) is 29.9. The molecule has 3 N–H and O–H groups in total. The van der Waals surface area contributed by atoms with Gasteiger partial charge in [-0.1, -0.05) is 188 Å². The van der Waals surface area contributed by atoms with Gasteiger partial charge in [0.1, 0.15) is 5.75 Å². The second kappa shape index (κ2) is 15.2. The van der Waals surface area contributed by atoms with Crippen LogP contribution in [0.2, 0.25) is 0 Å². The SMILES string of the molecule is Oc1ccc2ccccc2c1[C@H](NC(=S)Nc1ccc2ccccc2c1-c1c(P(c2ccccc2)c2ccccc2)ccc2ccccc12)c1ccccc1. The average molecular weight is 745 g/mol. The molecule has 0 aliphatic heterocycles. The fourth-order valence-electron chi connectivity index (χ4n) is 7.78. The van der Waals surface area contributed by atoms with Crippen LogP contribution in [-0.4, -0.2) is 10.2 Å². The van der Waals surface area contributed by atoms with Crippen LogP contribution in [-0.2, 0) is 0 Å². The number of phenolic OH excluding ortho intramolecular Hbond substituents is 1. The molecule has 0 saturated heterocycles. The molecule has 0 aliphatic carbocycles. The average Bonchev–Trinajstić information content (AvgIpc) is 3.24. The highest BCUT2D eigenvalue weighted by atomic mass is 32.1. The predicted molar refractivity (Wildman–Crippen MR) is 239 cm³/mol. The molecule has 0 saturated carbocycles. The summed E-state index contributed by atoms with van der Waals surface area (Å²) in [5, 5.41) is 29.7. The van der Waals surface area contributed by atoms with E-state index in [4.69, 9.17) is 12.2 Å². The molecule has 0 spiro atoms. The number of benzene rings is 9. The third-order valence-corrected chi connectivity index (χ3v) is 13.0. The number of fused-ring (bicyclic) bond motifs is 3. The first-order valence-corrected chi connectivity index (χ1v) is 20.2. The van der Waals surface area contributed by atoms with E-state index in [1.807, 2.05) is 36.4 Å². The molecule has 0 unspecified atom stereocenters. The van der Waals surface area contributed by atoms with Gasteiger partial charge in [-0.05, 0) is 86.1 Å². The number of phenols is 1. The maximum absolute atomic E-state index is 11.4. The first-order chi connectivity index (χ1) is 27.1. The molecule has 9 aromatic carbocycles. The number of rotatable bonds is 8. The summed E-state index contributed by atoms with van der Waals surface area (Å²) in [7, 11) is -0.951. The molecule has 9 aromatic rings. The van der Waals surface area contributed by atoms with E-state index in [2.05, 4.69) is 168 Å². The van der Waals surface area contributed by atoms with Crippen molar-refractivity contribution in [1.82, 2.24) is 5.32 Å². The molecule has 1 atom stereocenters. The summed E-state index contributed by atoms with van der Waals surface area (Å²) < 4.78 is 0. The summed E-state index contributed by atoms with van der Waals surface area (Å²) in [4.78, 5) is 0. The molecule has 0 bridgehead atoms. The van der Waals surface area contributed by atoms with Gasteiger partial charge in [-0.15, -0.1) is 0 Å². The maximum atomic E-state index is 11.4. The van der Waals surface area contributed by atoms with Crippen molar-refractivity contribution in [3.05, 3.63) is 211 Å². The largest absolute Gasteiger partial charge is 0.508 e. The van der Waals surface area contributed by atoms with Crippen molar-refractivity contribution >= 4 is 79.2 Å². The summed E-state index contributed by atoms with van der Waals surface area (Å²) >= 11 is 6.24. The van der Waals surface area contributed by atoms with E-state index < -0.39 is 14.0 Å². The Kier molecular flexibility index (Phi) is 9.52. The van der Waals surface area contributed by atoms with Gasteiger partial charge in [0.05, 0.1) is 6.04 Å². The van der Waals surface area contributed by atoms with Gasteiger partial charge in [0, 0.05) is 22.4 Å². The molecule has 0 aliphatic rings. The van der Waals surface area contributed by atoms with Crippen LogP contribution in [0.4, 0.5) is 5.69 Å². The highest BCUT2D eigenvalue weighted by molar-refractivity contribution is 7.80. The summed E-state index contributed by atoms with van der Waals surface area (Å²) in [6.07, 6.45) is 0. The number of anilines is 1. The van der Waals surface area contributed by atoms with Gasteiger partial charge in [-0.3, -0.25) is 0 Å². The molecule has 9 rings (SSSR count). The highest BCUT2D eigenvalue weighted by Gasteiger charge is 2.26. The molecule has 0 amide bonds. The normalized spacial score (nSPS) is 11.9. The van der Waals surface area contributed by atoms with Crippen molar-refractivity contribution in [3.63, 3.8) is 0 Å². The Balaban J connectivity index is 1.23. The van der Waals surface area contributed by atoms with Crippen molar-refractivity contribution in [2.24, 2.45) is 0 Å². The monoisotopic (exact) mass is 744 g/mol. The van der Waals surface area contributed by atoms with E-state index in [-0.39, 0.29) is 5.75 Å². The topological polar surface area (TPSA) is 44.3 Å². The fourth-order valence-corrected chi connectivity index (χ4v) is 10.5. The van der Waals surface area contributed by atoms with Crippen LogP contribution in [0.25, 0.3) is 43.4 Å². The second-order valence-electron chi connectivity index (χ2n) is 13.6. The summed E-state index contributed by atoms with van der Waals surface area (Å²) in [6.45, 7) is 0. The highest BCUT2D eigenvalue weighted by Crippen LogP contribution is 2.45. The number of nitrogens with one attached hydrogen (secondary N) is 2. The Hall–Kier alpha value is -6.32. The van der Waals surface area contributed by atoms with Gasteiger partial charge in [-0.2, -0.15) is 0 Å². The zero-order chi connectivity index (χ0) is 37.1. The van der Waals surface area contributed by atoms with Crippen LogP contribution < -0.4 is 26.5 Å². The number of hydrogen-bond donors (Lipinski definition) is 3. The maximum Gasteiger partial charge on any atom is 0.171 e. The van der Waals surface area contributed by atoms with E-state index in [0.29, 0.717) is 5.11 Å². The summed E-state index contributed by atoms with van der Waals surface area (Å²) in [5.74, 6) is 0.213. The van der Waals surface area contributed by atoms with Crippen LogP contribution in [0.3, 0.4) is 0 Å². The Morgan fingerprint density at radius 2 is 0.945 bits per heavy atom. The summed E-state index contributed by atoms with van der Waals surface area (Å²) in [6, 6.07) is 69.6. The zero-order valence-corrected chi connectivity index (χ0v) is 31.6. The van der Waals surface area contributed by atoms with Gasteiger partial charge in [0.15, 0.2) is 5.11 Å². The Labute approximate surface area is 327 Å². The van der Waals surface area contributed by atoms with Gasteiger partial charge in [0.25, 0.3) is 0 Å². The van der Waals surface area contributed by atoms with E-state index >= 15 is 0 Å². The lowest BCUT2D eigenvalue weighted by Gasteiger charge is -2.27. The van der Waals surface area contributed by atoms with Crippen LogP contribution in [0.15, 0.2) is 200 Å². The quantitative estimate of drug-likeness (QED) is 0.107. The number of hydrogen-bond acceptors (Lipinski definition) is 2. The van der Waals surface area contributed by atoms with Crippen molar-refractivity contribution in [2.75, 3.05) is 5.32 Å². The third-order valence-electron chi connectivity index (χ3n) is 10.2. The lowest BCUT2D eigenvalue weighted by molar-refractivity contribution is 0.464. The summed E-state index contributed by atoms with van der Waals surface area (Å²) in [5.41, 5.74) is 4.95. The molecule has 0 heterocycles. The third kappa shape index (κ3) is 6.72. The van der Waals surface area contributed by atoms with Crippen molar-refractivity contribution in [2.45, 2.75) is 6.04 Å². The minimum Gasteiger partial charge on any atom is -0.508 e. The molecule has 264 valence electrons. The Bertz CT molecular complexity index is 2770. The van der Waals surface area contributed by atoms with Crippen LogP contribution in [0.5, 0.6) is 5.75 Å². The van der Waals surface area contributed by atoms with Crippen molar-refractivity contribution < 1.29 is 5.11 Å². The lowest BCUT2D eigenvalue weighted by atomic mass is 9.92. The van der Waals surface area contributed by atoms with E-state index in [9.17, 15) is 5.11 Å². The standard InChI is InChI=1S/C50H37N2OPS/c53-44-32-29-35-17-11-14-26-41(35)47(44)49(37-19-4-1-5-20-37)52-50(55)51-43-31-28-34-16-10-13-25-40(34)46(43)48-42-27-15-12-18-36(42)30-33-45(48)54(38-21-6-2-7-22-38)39-23-8-3-9-24-39/h1-33,49,53H,(H2,51,52,55)/t49-/m1/s1. The van der Waals surface area contributed by atoms with Crippen LogP contribution >= 0.6 is 20.1 Å². The molecule has 0 radical (unpaired) electrons. The molecule has 0 aromatic heterocycles. The van der Waals surface area contributed by atoms with Crippen molar-refractivity contribution in [3.8, 4) is 16.9 Å². The molecular weight excluding hydrogens is 708 g/mol. The molecule has 0 fully saturated rings. The molecule has 3 nitrogen and oxygen atoms in total. The smallest absolute Gasteiger partial charge is 0.171 e. The lowest BCUT2D eigenvalue weighted by Crippen LogP contribution is -2.33. The minimum atomic E-state index is -0.951. The van der Waals surface area contributed by atoms with Crippen LogP contribution in [0, 0.1) is 0 Å². The molecule has 55 heavy (non-hydrogen) atoms. The van der Waals surface area contributed by atoms with E-state index in [0.717, 1.165) is 43.9 Å². The first-order valence-electron chi connectivity index (χ1n) is 18.4. The van der Waals surface area contributed by atoms with Gasteiger partial charge >= 0.3 is 0 Å². The molecule has 5 heteroatoms. The van der Waals surface area contributed by atoms with Gasteiger partial charge < -0.3 is 15.7 Å². The van der Waals surface area contributed by atoms with Gasteiger partial charge in [-0.25, -0.2) is 0 Å². The Morgan fingerprint density at radius 1 is 0.473 bits per heavy atom. The van der Waals surface area contributed by atoms with Crippen LogP contribution in [0.1, 0.15) is 17.2 Å². The molecular formula is C50H37N2OPS. The van der Waals surface area contributed by atoms with E-state index in [1.165, 1.54) is 32.2 Å². The predicted octanol–water partition coefficient (Wildman–Crippen LogP) is 11.4. The first kappa shape index (κ1) is 34.4. The fraction of sp³-hybridized carbons (Fsp3) is 0.0200.